The molecule has 0 saturated carbocycles. The summed E-state index contributed by atoms with van der Waals surface area (Å²) in [5.74, 6) is 1.29. The van der Waals surface area contributed by atoms with E-state index >= 15 is 0 Å². The van der Waals surface area contributed by atoms with Crippen molar-refractivity contribution < 1.29 is 14.3 Å². The Labute approximate surface area is 178 Å². The highest BCUT2D eigenvalue weighted by Crippen LogP contribution is 2.16. The molecule has 9 heteroatoms. The third-order valence-corrected chi connectivity index (χ3v) is 3.67. The SMILES string of the molecule is CCOc1ncccc1CNC(=NC)NC1CN(C(=O)OC(C)(C)C)C1.I. The number of ether oxygens (including phenoxy) is 2. The minimum atomic E-state index is -0.477. The maximum Gasteiger partial charge on any atom is 0.410 e. The molecule has 0 radical (unpaired) electrons. The second-order valence-electron chi connectivity index (χ2n) is 7.05. The smallest absolute Gasteiger partial charge is 0.410 e. The van der Waals surface area contributed by atoms with Gasteiger partial charge >= 0.3 is 6.09 Å². The number of aliphatic imine (C=N–C) groups is 1. The number of hydrogen-bond donors (Lipinski definition) is 2. The van der Waals surface area contributed by atoms with E-state index in [9.17, 15) is 4.79 Å². The predicted molar refractivity (Wildman–Crippen MR) is 116 cm³/mol. The van der Waals surface area contributed by atoms with Crippen LogP contribution < -0.4 is 15.4 Å². The Morgan fingerprint density at radius 2 is 2.11 bits per heavy atom. The van der Waals surface area contributed by atoms with Gasteiger partial charge in [0.05, 0.1) is 12.6 Å². The van der Waals surface area contributed by atoms with Gasteiger partial charge < -0.3 is 25.0 Å². The van der Waals surface area contributed by atoms with Crippen molar-refractivity contribution in [2.45, 2.75) is 45.9 Å². The molecule has 0 atom stereocenters. The summed E-state index contributed by atoms with van der Waals surface area (Å²) in [5.41, 5.74) is 0.483. The van der Waals surface area contributed by atoms with Gasteiger partial charge in [-0.25, -0.2) is 9.78 Å². The molecule has 1 aliphatic heterocycles. The standard InChI is InChI=1S/C18H29N5O3.HI/c1-6-25-15-13(8-7-9-20-15)10-21-16(19-5)22-14-11-23(12-14)17(24)26-18(2,3)4;/h7-9,14H,6,10-12H2,1-5H3,(H2,19,21,22);1H. The molecule has 1 aromatic heterocycles. The number of amides is 1. The monoisotopic (exact) mass is 491 g/mol. The van der Waals surface area contributed by atoms with E-state index in [4.69, 9.17) is 9.47 Å². The molecule has 1 aromatic rings. The van der Waals surface area contributed by atoms with E-state index in [1.165, 1.54) is 0 Å². The van der Waals surface area contributed by atoms with E-state index in [2.05, 4.69) is 20.6 Å². The number of rotatable bonds is 5. The average molecular weight is 491 g/mol. The van der Waals surface area contributed by atoms with Crippen molar-refractivity contribution in [3.8, 4) is 5.88 Å². The second-order valence-corrected chi connectivity index (χ2v) is 7.05. The van der Waals surface area contributed by atoms with Gasteiger partial charge in [0.2, 0.25) is 5.88 Å². The molecule has 8 nitrogen and oxygen atoms in total. The van der Waals surface area contributed by atoms with Crippen molar-refractivity contribution in [3.05, 3.63) is 23.9 Å². The van der Waals surface area contributed by atoms with Crippen molar-refractivity contribution in [2.24, 2.45) is 4.99 Å². The highest BCUT2D eigenvalue weighted by atomic mass is 127. The summed E-state index contributed by atoms with van der Waals surface area (Å²) in [7, 11) is 1.71. The minimum Gasteiger partial charge on any atom is -0.478 e. The molecule has 2 N–H and O–H groups in total. The second kappa shape index (κ2) is 10.5. The number of hydrogen-bond acceptors (Lipinski definition) is 5. The zero-order valence-corrected chi connectivity index (χ0v) is 18.9. The van der Waals surface area contributed by atoms with Crippen LogP contribution >= 0.6 is 24.0 Å². The molecule has 0 aliphatic carbocycles. The normalized spacial score (nSPS) is 14.7. The number of nitrogens with zero attached hydrogens (tertiary/aromatic N) is 3. The Kier molecular flexibility index (Phi) is 9.07. The number of guanidine groups is 1. The van der Waals surface area contributed by atoms with E-state index < -0.39 is 5.60 Å². The molecule has 1 saturated heterocycles. The number of likely N-dealkylation sites (tertiary alicyclic amines) is 1. The van der Waals surface area contributed by atoms with Crippen LogP contribution in [0.3, 0.4) is 0 Å². The lowest BCUT2D eigenvalue weighted by Gasteiger charge is -2.40. The first-order valence-electron chi connectivity index (χ1n) is 8.84. The van der Waals surface area contributed by atoms with Crippen LogP contribution in [0.5, 0.6) is 5.88 Å². The van der Waals surface area contributed by atoms with Gasteiger partial charge in [-0.3, -0.25) is 4.99 Å². The van der Waals surface area contributed by atoms with Gasteiger partial charge in [-0.15, -0.1) is 24.0 Å². The first-order valence-corrected chi connectivity index (χ1v) is 8.84. The first kappa shape index (κ1) is 23.3. The Morgan fingerprint density at radius 3 is 2.70 bits per heavy atom. The zero-order chi connectivity index (χ0) is 19.2. The number of halogens is 1. The fourth-order valence-electron chi connectivity index (χ4n) is 2.44. The molecule has 2 heterocycles. The lowest BCUT2D eigenvalue weighted by Crippen LogP contribution is -2.63. The molecule has 1 amide bonds. The number of pyridine rings is 1. The number of aromatic nitrogens is 1. The van der Waals surface area contributed by atoms with Crippen LogP contribution in [-0.4, -0.2) is 60.3 Å². The lowest BCUT2D eigenvalue weighted by atomic mass is 10.1. The Bertz CT molecular complexity index is 642. The molecule has 152 valence electrons. The van der Waals surface area contributed by atoms with Gasteiger partial charge in [0.15, 0.2) is 5.96 Å². The van der Waals surface area contributed by atoms with E-state index in [-0.39, 0.29) is 36.1 Å². The van der Waals surface area contributed by atoms with Gasteiger partial charge in [-0.2, -0.15) is 0 Å². The zero-order valence-electron chi connectivity index (χ0n) is 16.6. The van der Waals surface area contributed by atoms with Crippen molar-refractivity contribution >= 4 is 36.0 Å². The molecular weight excluding hydrogens is 461 g/mol. The third-order valence-electron chi connectivity index (χ3n) is 3.67. The molecule has 27 heavy (non-hydrogen) atoms. The summed E-state index contributed by atoms with van der Waals surface area (Å²) >= 11 is 0. The lowest BCUT2D eigenvalue weighted by molar-refractivity contribution is 0.00701. The van der Waals surface area contributed by atoms with Crippen LogP contribution in [0.25, 0.3) is 0 Å². The molecule has 2 rings (SSSR count). The van der Waals surface area contributed by atoms with Gasteiger partial charge in [0, 0.05) is 38.4 Å². The van der Waals surface area contributed by atoms with Gasteiger partial charge in [-0.05, 0) is 33.8 Å². The van der Waals surface area contributed by atoms with Crippen molar-refractivity contribution in [1.82, 2.24) is 20.5 Å². The summed E-state index contributed by atoms with van der Waals surface area (Å²) in [5, 5.41) is 6.55. The molecular formula is C18H30IN5O3. The first-order chi connectivity index (χ1) is 12.3. The van der Waals surface area contributed by atoms with Crippen LogP contribution in [0.4, 0.5) is 4.79 Å². The highest BCUT2D eigenvalue weighted by molar-refractivity contribution is 14.0. The van der Waals surface area contributed by atoms with Crippen LogP contribution in [-0.2, 0) is 11.3 Å². The Balaban J connectivity index is 0.00000364. The molecule has 0 bridgehead atoms. The molecule has 1 fully saturated rings. The van der Waals surface area contributed by atoms with Crippen molar-refractivity contribution in [1.29, 1.82) is 0 Å². The summed E-state index contributed by atoms with van der Waals surface area (Å²) in [6, 6.07) is 3.99. The highest BCUT2D eigenvalue weighted by Gasteiger charge is 2.34. The topological polar surface area (TPSA) is 88.1 Å². The summed E-state index contributed by atoms with van der Waals surface area (Å²) in [6.45, 7) is 9.81. The van der Waals surface area contributed by atoms with E-state index in [0.717, 1.165) is 5.56 Å². The molecule has 0 spiro atoms. The quantitative estimate of drug-likeness (QED) is 0.374. The molecule has 0 unspecified atom stereocenters. The van der Waals surface area contributed by atoms with Crippen LogP contribution in [0.1, 0.15) is 33.3 Å². The van der Waals surface area contributed by atoms with Gasteiger partial charge in [0.25, 0.3) is 0 Å². The number of carbonyl (C=O) groups excluding carboxylic acids is 1. The fraction of sp³-hybridized carbons (Fsp3) is 0.611. The predicted octanol–water partition coefficient (Wildman–Crippen LogP) is 2.38. The molecule has 1 aliphatic rings. The average Bonchev–Trinajstić information content (AvgIpc) is 2.53. The van der Waals surface area contributed by atoms with E-state index in [1.807, 2.05) is 39.8 Å². The van der Waals surface area contributed by atoms with Gasteiger partial charge in [0.1, 0.15) is 5.60 Å². The maximum atomic E-state index is 12.0. The number of nitrogens with one attached hydrogen (secondary N) is 2. The van der Waals surface area contributed by atoms with Crippen molar-refractivity contribution in [3.63, 3.8) is 0 Å². The van der Waals surface area contributed by atoms with Crippen LogP contribution in [0.15, 0.2) is 23.3 Å². The Morgan fingerprint density at radius 1 is 1.41 bits per heavy atom. The maximum absolute atomic E-state index is 12.0. The number of carbonyl (C=O) groups is 1. The van der Waals surface area contributed by atoms with Crippen LogP contribution in [0.2, 0.25) is 0 Å². The fourth-order valence-corrected chi connectivity index (χ4v) is 2.44. The summed E-state index contributed by atoms with van der Waals surface area (Å²) < 4.78 is 10.9. The van der Waals surface area contributed by atoms with Crippen molar-refractivity contribution in [2.75, 3.05) is 26.7 Å². The van der Waals surface area contributed by atoms with Crippen LogP contribution in [0, 0.1) is 0 Å². The van der Waals surface area contributed by atoms with E-state index in [0.29, 0.717) is 38.1 Å². The minimum absolute atomic E-state index is 0. The molecule has 0 aromatic carbocycles. The Hall–Kier alpha value is -1.78. The largest absolute Gasteiger partial charge is 0.478 e. The van der Waals surface area contributed by atoms with Gasteiger partial charge in [-0.1, -0.05) is 6.07 Å². The third kappa shape index (κ3) is 7.39. The summed E-state index contributed by atoms with van der Waals surface area (Å²) in [4.78, 5) is 22.1. The van der Waals surface area contributed by atoms with E-state index in [1.54, 1.807) is 18.1 Å². The summed E-state index contributed by atoms with van der Waals surface area (Å²) in [6.07, 6.45) is 1.43.